The van der Waals surface area contributed by atoms with E-state index >= 15 is 0 Å². The normalized spacial score (nSPS) is 14.9. The van der Waals surface area contributed by atoms with Crippen LogP contribution >= 0.6 is 11.3 Å². The molecule has 29 heavy (non-hydrogen) atoms. The molecule has 1 aliphatic rings. The van der Waals surface area contributed by atoms with Gasteiger partial charge in [0.25, 0.3) is 5.91 Å². The summed E-state index contributed by atoms with van der Waals surface area (Å²) in [5, 5.41) is 7.51. The van der Waals surface area contributed by atoms with Gasteiger partial charge in [0.1, 0.15) is 6.04 Å². The fourth-order valence-electron chi connectivity index (χ4n) is 3.46. The zero-order valence-electron chi connectivity index (χ0n) is 16.1. The summed E-state index contributed by atoms with van der Waals surface area (Å²) in [5.74, 6) is -0.927. The first-order valence-corrected chi connectivity index (χ1v) is 10.5. The Kier molecular flexibility index (Phi) is 7.24. The molecular weight excluding hydrogens is 390 g/mol. The summed E-state index contributed by atoms with van der Waals surface area (Å²) in [4.78, 5) is 40.4. The van der Waals surface area contributed by atoms with Gasteiger partial charge in [0.2, 0.25) is 11.8 Å². The van der Waals surface area contributed by atoms with Gasteiger partial charge in [0.15, 0.2) is 5.76 Å². The van der Waals surface area contributed by atoms with E-state index in [2.05, 4.69) is 17.2 Å². The maximum Gasteiger partial charge on any atom is 0.287 e. The van der Waals surface area contributed by atoms with E-state index < -0.39 is 11.9 Å². The van der Waals surface area contributed by atoms with Gasteiger partial charge < -0.3 is 20.0 Å². The molecule has 2 aromatic rings. The Morgan fingerprint density at radius 1 is 1.28 bits per heavy atom. The van der Waals surface area contributed by atoms with Gasteiger partial charge in [-0.1, -0.05) is 25.0 Å². The van der Waals surface area contributed by atoms with Crippen LogP contribution in [0.3, 0.4) is 0 Å². The Morgan fingerprint density at radius 2 is 2.07 bits per heavy atom. The second-order valence-electron chi connectivity index (χ2n) is 6.90. The molecule has 1 aliphatic carbocycles. The first kappa shape index (κ1) is 20.9. The lowest BCUT2D eigenvalue weighted by Crippen LogP contribution is -2.48. The number of nitrogens with one attached hydrogen (secondary N) is 2. The van der Waals surface area contributed by atoms with Crippen LogP contribution in [0.5, 0.6) is 0 Å². The number of carbonyl (C=O) groups is 3. The number of carbonyl (C=O) groups excluding carboxylic acids is 3. The van der Waals surface area contributed by atoms with E-state index in [1.807, 2.05) is 17.5 Å². The van der Waals surface area contributed by atoms with Gasteiger partial charge in [-0.15, -0.1) is 17.9 Å². The van der Waals surface area contributed by atoms with Crippen molar-refractivity contribution < 1.29 is 18.8 Å². The highest BCUT2D eigenvalue weighted by Crippen LogP contribution is 2.27. The monoisotopic (exact) mass is 415 g/mol. The molecule has 2 aromatic heterocycles. The summed E-state index contributed by atoms with van der Waals surface area (Å²) in [6.45, 7) is 3.67. The van der Waals surface area contributed by atoms with Gasteiger partial charge in [-0.05, 0) is 36.4 Å². The molecule has 0 unspecified atom stereocenters. The molecule has 1 saturated carbocycles. The number of amides is 3. The molecule has 3 amide bonds. The lowest BCUT2D eigenvalue weighted by Gasteiger charge is -2.30. The molecule has 0 spiro atoms. The zero-order valence-corrected chi connectivity index (χ0v) is 17.0. The van der Waals surface area contributed by atoms with Crippen LogP contribution in [0, 0.1) is 0 Å². The predicted molar refractivity (Wildman–Crippen MR) is 110 cm³/mol. The second-order valence-corrected chi connectivity index (χ2v) is 7.88. The molecule has 0 saturated heterocycles. The van der Waals surface area contributed by atoms with Crippen molar-refractivity contribution >= 4 is 29.1 Å². The minimum Gasteiger partial charge on any atom is -0.459 e. The third kappa shape index (κ3) is 5.35. The molecule has 0 radical (unpaired) electrons. The van der Waals surface area contributed by atoms with Gasteiger partial charge in [-0.2, -0.15) is 0 Å². The third-order valence-corrected chi connectivity index (χ3v) is 5.79. The summed E-state index contributed by atoms with van der Waals surface area (Å²) in [6.07, 6.45) is 7.08. The first-order chi connectivity index (χ1) is 14.1. The van der Waals surface area contributed by atoms with Crippen LogP contribution in [-0.4, -0.2) is 41.8 Å². The smallest absolute Gasteiger partial charge is 0.287 e. The molecule has 7 nitrogen and oxygen atoms in total. The molecule has 1 fully saturated rings. The van der Waals surface area contributed by atoms with Crippen LogP contribution < -0.4 is 10.6 Å². The first-order valence-electron chi connectivity index (χ1n) is 9.66. The lowest BCUT2D eigenvalue weighted by atomic mass is 10.1. The van der Waals surface area contributed by atoms with E-state index in [1.54, 1.807) is 12.1 Å². The van der Waals surface area contributed by atoms with E-state index in [-0.39, 0.29) is 36.7 Å². The fourth-order valence-corrected chi connectivity index (χ4v) is 4.30. The van der Waals surface area contributed by atoms with Crippen LogP contribution in [0.15, 0.2) is 53.0 Å². The molecule has 3 rings (SSSR count). The number of nitrogens with zero attached hydrogens (tertiary/aromatic N) is 1. The number of rotatable bonds is 9. The van der Waals surface area contributed by atoms with Crippen LogP contribution in [0.1, 0.15) is 47.2 Å². The standard InChI is InChI=1S/C21H25N3O4S/c1-2-11-24(18(25)14-22-20(26)16-9-5-12-28-16)19(17-10-6-13-29-17)21(27)23-15-7-3-4-8-15/h2,5-6,9-10,12-13,15,19H,1,3-4,7-8,11,14H2,(H,22,26)(H,23,27)/t19-/m0/s1. The van der Waals surface area contributed by atoms with Crippen LogP contribution in [-0.2, 0) is 9.59 Å². The van der Waals surface area contributed by atoms with Crippen molar-refractivity contribution in [1.82, 2.24) is 15.5 Å². The van der Waals surface area contributed by atoms with Crippen molar-refractivity contribution in [3.05, 3.63) is 59.2 Å². The predicted octanol–water partition coefficient (Wildman–Crippen LogP) is 2.89. The maximum atomic E-state index is 13.1. The average molecular weight is 416 g/mol. The van der Waals surface area contributed by atoms with E-state index in [4.69, 9.17) is 4.42 Å². The number of thiophene rings is 1. The minimum atomic E-state index is -0.762. The van der Waals surface area contributed by atoms with Crippen molar-refractivity contribution in [3.63, 3.8) is 0 Å². The van der Waals surface area contributed by atoms with Gasteiger partial charge in [0, 0.05) is 17.5 Å². The molecule has 2 heterocycles. The third-order valence-electron chi connectivity index (χ3n) is 4.87. The molecule has 8 heteroatoms. The molecule has 1 atom stereocenters. The summed E-state index contributed by atoms with van der Waals surface area (Å²) >= 11 is 1.42. The van der Waals surface area contributed by atoms with Crippen molar-refractivity contribution in [3.8, 4) is 0 Å². The van der Waals surface area contributed by atoms with Crippen molar-refractivity contribution in [2.75, 3.05) is 13.1 Å². The fraction of sp³-hybridized carbons (Fsp3) is 0.381. The Labute approximate surface area is 173 Å². The molecule has 0 bridgehead atoms. The number of furan rings is 1. The van der Waals surface area contributed by atoms with E-state index in [0.29, 0.717) is 0 Å². The van der Waals surface area contributed by atoms with Crippen molar-refractivity contribution in [2.45, 2.75) is 37.8 Å². The Hall–Kier alpha value is -2.87. The topological polar surface area (TPSA) is 91.7 Å². The molecule has 154 valence electrons. The Balaban J connectivity index is 1.73. The highest BCUT2D eigenvalue weighted by molar-refractivity contribution is 7.10. The van der Waals surface area contributed by atoms with Gasteiger partial charge in [-0.3, -0.25) is 14.4 Å². The van der Waals surface area contributed by atoms with Crippen LogP contribution in [0.4, 0.5) is 0 Å². The molecule has 2 N–H and O–H groups in total. The van der Waals surface area contributed by atoms with Crippen LogP contribution in [0.25, 0.3) is 0 Å². The van der Waals surface area contributed by atoms with Crippen molar-refractivity contribution in [1.29, 1.82) is 0 Å². The minimum absolute atomic E-state index is 0.127. The summed E-state index contributed by atoms with van der Waals surface area (Å²) in [5.41, 5.74) is 0. The van der Waals surface area contributed by atoms with Gasteiger partial charge in [-0.25, -0.2) is 0 Å². The Morgan fingerprint density at radius 3 is 2.69 bits per heavy atom. The summed E-state index contributed by atoms with van der Waals surface area (Å²) < 4.78 is 5.04. The zero-order chi connectivity index (χ0) is 20.6. The van der Waals surface area contributed by atoms with Crippen LogP contribution in [0.2, 0.25) is 0 Å². The maximum absolute atomic E-state index is 13.1. The highest BCUT2D eigenvalue weighted by Gasteiger charge is 2.33. The Bertz CT molecular complexity index is 826. The second kappa shape index (κ2) is 10.1. The molecule has 0 aromatic carbocycles. The molecular formula is C21H25N3O4S. The average Bonchev–Trinajstić information content (AvgIpc) is 3.48. The van der Waals surface area contributed by atoms with E-state index in [1.165, 1.54) is 28.6 Å². The largest absolute Gasteiger partial charge is 0.459 e. The van der Waals surface area contributed by atoms with Gasteiger partial charge in [0.05, 0.1) is 12.8 Å². The summed E-state index contributed by atoms with van der Waals surface area (Å²) in [7, 11) is 0. The van der Waals surface area contributed by atoms with E-state index in [9.17, 15) is 14.4 Å². The highest BCUT2D eigenvalue weighted by atomic mass is 32.1. The molecule has 0 aliphatic heterocycles. The van der Waals surface area contributed by atoms with Crippen molar-refractivity contribution in [2.24, 2.45) is 0 Å². The van der Waals surface area contributed by atoms with Gasteiger partial charge >= 0.3 is 0 Å². The number of hydrogen-bond acceptors (Lipinski definition) is 5. The lowest BCUT2D eigenvalue weighted by molar-refractivity contribution is -0.139. The quantitative estimate of drug-likeness (QED) is 0.616. The summed E-state index contributed by atoms with van der Waals surface area (Å²) in [6, 6.07) is 6.19. The number of hydrogen-bond donors (Lipinski definition) is 2. The SMILES string of the molecule is C=CCN(C(=O)CNC(=O)c1ccco1)[C@H](C(=O)NC1CCCC1)c1cccs1. The van der Waals surface area contributed by atoms with E-state index in [0.717, 1.165) is 30.6 Å².